The number of anilines is 2. The third-order valence-corrected chi connectivity index (χ3v) is 4.46. The van der Waals surface area contributed by atoms with E-state index in [1.54, 1.807) is 7.11 Å². The predicted molar refractivity (Wildman–Crippen MR) is 77.2 cm³/mol. The first-order valence-electron chi connectivity index (χ1n) is 6.21. The standard InChI is InChI=1S/C14H21ClN2O/c1-8-5-10(16)9(15)6-11(8)17-12-7-13(18-4)14(12,2)3/h5-6,12-13,17H,7,16H2,1-4H3. The maximum Gasteiger partial charge on any atom is 0.0661 e. The molecule has 3 nitrogen and oxygen atoms in total. The van der Waals surface area contributed by atoms with Crippen LogP contribution >= 0.6 is 11.6 Å². The van der Waals surface area contributed by atoms with Crippen molar-refractivity contribution in [2.75, 3.05) is 18.2 Å². The van der Waals surface area contributed by atoms with Crippen molar-refractivity contribution in [2.45, 2.75) is 39.3 Å². The molecular formula is C14H21ClN2O. The third kappa shape index (κ3) is 2.17. The number of ether oxygens (including phenoxy) is 1. The van der Waals surface area contributed by atoms with E-state index in [-0.39, 0.29) is 5.41 Å². The van der Waals surface area contributed by atoms with Crippen LogP contribution < -0.4 is 11.1 Å². The van der Waals surface area contributed by atoms with Crippen molar-refractivity contribution in [1.82, 2.24) is 0 Å². The van der Waals surface area contributed by atoms with E-state index in [1.807, 2.05) is 19.1 Å². The number of nitrogens with two attached hydrogens (primary N) is 1. The molecule has 1 aliphatic carbocycles. The van der Waals surface area contributed by atoms with Crippen molar-refractivity contribution in [2.24, 2.45) is 5.41 Å². The number of rotatable bonds is 3. The average Bonchev–Trinajstić information content (AvgIpc) is 2.30. The van der Waals surface area contributed by atoms with E-state index in [4.69, 9.17) is 22.1 Å². The number of hydrogen-bond acceptors (Lipinski definition) is 3. The molecule has 0 radical (unpaired) electrons. The molecular weight excluding hydrogens is 248 g/mol. The summed E-state index contributed by atoms with van der Waals surface area (Å²) in [5, 5.41) is 4.15. The van der Waals surface area contributed by atoms with Crippen LogP contribution in [0.5, 0.6) is 0 Å². The SMILES string of the molecule is COC1CC(Nc2cc(Cl)c(N)cc2C)C1(C)C. The highest BCUT2D eigenvalue weighted by molar-refractivity contribution is 6.33. The fourth-order valence-corrected chi connectivity index (χ4v) is 2.74. The summed E-state index contributed by atoms with van der Waals surface area (Å²) in [6, 6.07) is 4.22. The quantitative estimate of drug-likeness (QED) is 0.826. The summed E-state index contributed by atoms with van der Waals surface area (Å²) >= 11 is 6.07. The average molecular weight is 269 g/mol. The molecule has 4 heteroatoms. The Morgan fingerprint density at radius 2 is 2.11 bits per heavy atom. The van der Waals surface area contributed by atoms with Gasteiger partial charge in [0, 0.05) is 24.3 Å². The minimum absolute atomic E-state index is 0.134. The van der Waals surface area contributed by atoms with E-state index in [2.05, 4.69) is 19.2 Å². The highest BCUT2D eigenvalue weighted by Gasteiger charge is 2.48. The Kier molecular flexibility index (Phi) is 3.47. The van der Waals surface area contributed by atoms with E-state index in [0.717, 1.165) is 17.7 Å². The molecule has 2 rings (SSSR count). The van der Waals surface area contributed by atoms with E-state index >= 15 is 0 Å². The lowest BCUT2D eigenvalue weighted by atomic mass is 9.64. The minimum atomic E-state index is 0.134. The van der Waals surface area contributed by atoms with Gasteiger partial charge in [0.1, 0.15) is 0 Å². The molecule has 2 atom stereocenters. The van der Waals surface area contributed by atoms with Crippen LogP contribution in [0.25, 0.3) is 0 Å². The van der Waals surface area contributed by atoms with Gasteiger partial charge in [0.2, 0.25) is 0 Å². The van der Waals surface area contributed by atoms with Crippen molar-refractivity contribution < 1.29 is 4.74 Å². The van der Waals surface area contributed by atoms with Gasteiger partial charge in [-0.15, -0.1) is 0 Å². The number of halogens is 1. The molecule has 0 saturated heterocycles. The van der Waals surface area contributed by atoms with Crippen LogP contribution in [0.4, 0.5) is 11.4 Å². The Morgan fingerprint density at radius 3 is 2.67 bits per heavy atom. The van der Waals surface area contributed by atoms with E-state index in [0.29, 0.717) is 22.9 Å². The summed E-state index contributed by atoms with van der Waals surface area (Å²) < 4.78 is 5.46. The van der Waals surface area contributed by atoms with Gasteiger partial charge in [-0.05, 0) is 31.0 Å². The smallest absolute Gasteiger partial charge is 0.0661 e. The lowest BCUT2D eigenvalue weighted by molar-refractivity contribution is -0.0794. The monoisotopic (exact) mass is 268 g/mol. The van der Waals surface area contributed by atoms with Crippen LogP contribution in [-0.4, -0.2) is 19.3 Å². The van der Waals surface area contributed by atoms with Crippen LogP contribution in [-0.2, 0) is 4.74 Å². The maximum absolute atomic E-state index is 6.07. The molecule has 1 saturated carbocycles. The molecule has 2 unspecified atom stereocenters. The summed E-state index contributed by atoms with van der Waals surface area (Å²) in [5.74, 6) is 0. The second kappa shape index (κ2) is 4.63. The van der Waals surface area contributed by atoms with Gasteiger partial charge in [0.05, 0.1) is 16.8 Å². The zero-order chi connectivity index (χ0) is 13.5. The van der Waals surface area contributed by atoms with Crippen LogP contribution in [0.1, 0.15) is 25.8 Å². The van der Waals surface area contributed by atoms with Gasteiger partial charge in [-0.1, -0.05) is 25.4 Å². The van der Waals surface area contributed by atoms with Crippen molar-refractivity contribution in [3.8, 4) is 0 Å². The topological polar surface area (TPSA) is 47.3 Å². The van der Waals surface area contributed by atoms with Crippen molar-refractivity contribution in [3.63, 3.8) is 0 Å². The van der Waals surface area contributed by atoms with Crippen molar-refractivity contribution in [1.29, 1.82) is 0 Å². The highest BCUT2D eigenvalue weighted by atomic mass is 35.5. The summed E-state index contributed by atoms with van der Waals surface area (Å²) in [4.78, 5) is 0. The first-order valence-corrected chi connectivity index (χ1v) is 6.59. The van der Waals surface area contributed by atoms with Gasteiger partial charge >= 0.3 is 0 Å². The summed E-state index contributed by atoms with van der Waals surface area (Å²) in [6.07, 6.45) is 1.34. The van der Waals surface area contributed by atoms with E-state index in [9.17, 15) is 0 Å². The van der Waals surface area contributed by atoms with Crippen LogP contribution in [0.15, 0.2) is 12.1 Å². The zero-order valence-electron chi connectivity index (χ0n) is 11.4. The van der Waals surface area contributed by atoms with Crippen molar-refractivity contribution >= 4 is 23.0 Å². The summed E-state index contributed by atoms with van der Waals surface area (Å²) in [5.41, 5.74) is 8.72. The van der Waals surface area contributed by atoms with Crippen LogP contribution in [0, 0.1) is 12.3 Å². The van der Waals surface area contributed by atoms with Gasteiger partial charge in [-0.25, -0.2) is 0 Å². The molecule has 1 aromatic carbocycles. The zero-order valence-corrected chi connectivity index (χ0v) is 12.1. The number of aryl methyl sites for hydroxylation is 1. The normalized spacial score (nSPS) is 25.6. The third-order valence-electron chi connectivity index (χ3n) is 4.14. The van der Waals surface area contributed by atoms with Gasteiger partial charge in [-0.2, -0.15) is 0 Å². The molecule has 1 aromatic rings. The maximum atomic E-state index is 6.07. The highest BCUT2D eigenvalue weighted by Crippen LogP contribution is 2.44. The molecule has 0 spiro atoms. The van der Waals surface area contributed by atoms with E-state index < -0.39 is 0 Å². The number of methoxy groups -OCH3 is 1. The fourth-order valence-electron chi connectivity index (χ4n) is 2.58. The Bertz CT molecular complexity index is 459. The predicted octanol–water partition coefficient (Wildman–Crippen LogP) is 3.46. The molecule has 0 heterocycles. The first kappa shape index (κ1) is 13.5. The minimum Gasteiger partial charge on any atom is -0.398 e. The molecule has 100 valence electrons. The number of nitrogens with one attached hydrogen (secondary N) is 1. The van der Waals surface area contributed by atoms with Gasteiger partial charge in [0.15, 0.2) is 0 Å². The molecule has 0 aromatic heterocycles. The Labute approximate surface area is 114 Å². The first-order chi connectivity index (χ1) is 8.36. The summed E-state index contributed by atoms with van der Waals surface area (Å²) in [7, 11) is 1.77. The van der Waals surface area contributed by atoms with Crippen LogP contribution in [0.2, 0.25) is 5.02 Å². The largest absolute Gasteiger partial charge is 0.398 e. The lowest BCUT2D eigenvalue weighted by Gasteiger charge is -2.51. The Hall–Kier alpha value is -0.930. The second-order valence-corrected chi connectivity index (χ2v) is 6.07. The number of benzene rings is 1. The summed E-state index contributed by atoms with van der Waals surface area (Å²) in [6.45, 7) is 6.47. The molecule has 0 bridgehead atoms. The number of hydrogen-bond donors (Lipinski definition) is 2. The van der Waals surface area contributed by atoms with Gasteiger partial charge in [-0.3, -0.25) is 0 Å². The van der Waals surface area contributed by atoms with Crippen LogP contribution in [0.3, 0.4) is 0 Å². The van der Waals surface area contributed by atoms with Crippen molar-refractivity contribution in [3.05, 3.63) is 22.7 Å². The van der Waals surface area contributed by atoms with E-state index in [1.165, 1.54) is 0 Å². The molecule has 3 N–H and O–H groups in total. The van der Waals surface area contributed by atoms with Gasteiger partial charge < -0.3 is 15.8 Å². The number of nitrogen functional groups attached to an aromatic ring is 1. The fraction of sp³-hybridized carbons (Fsp3) is 0.571. The van der Waals surface area contributed by atoms with Gasteiger partial charge in [0.25, 0.3) is 0 Å². The Morgan fingerprint density at radius 1 is 1.44 bits per heavy atom. The molecule has 1 fully saturated rings. The molecule has 0 amide bonds. The molecule has 1 aliphatic rings. The lowest BCUT2D eigenvalue weighted by Crippen LogP contribution is -2.57. The molecule has 0 aliphatic heterocycles. The Balaban J connectivity index is 2.14. The molecule has 18 heavy (non-hydrogen) atoms. The second-order valence-electron chi connectivity index (χ2n) is 5.67.